The Labute approximate surface area is 180 Å². The first-order chi connectivity index (χ1) is 14.4. The molecule has 2 fully saturated rings. The van der Waals surface area contributed by atoms with Gasteiger partial charge in [0.05, 0.1) is 10.9 Å². The first kappa shape index (κ1) is 19.5. The van der Waals surface area contributed by atoms with Crippen LogP contribution in [0.4, 0.5) is 4.39 Å². The van der Waals surface area contributed by atoms with Gasteiger partial charge in [-0.1, -0.05) is 23.7 Å². The molecule has 2 aliphatic carbocycles. The largest absolute Gasteiger partial charge is 0.369 e. The van der Waals surface area contributed by atoms with Gasteiger partial charge in [-0.05, 0) is 97.4 Å². The van der Waals surface area contributed by atoms with Crippen LogP contribution in [0.25, 0.3) is 10.9 Å². The topological polar surface area (TPSA) is 56.0 Å². The third-order valence-electron chi connectivity index (χ3n) is 7.76. The molecule has 0 saturated heterocycles. The number of nitrogens with two attached hydrogens (primary N) is 1. The molecule has 1 spiro atoms. The van der Waals surface area contributed by atoms with Crippen molar-refractivity contribution in [2.24, 2.45) is 11.1 Å². The summed E-state index contributed by atoms with van der Waals surface area (Å²) in [6.07, 6.45) is 7.39. The van der Waals surface area contributed by atoms with E-state index in [9.17, 15) is 9.18 Å². The number of hydrogen-bond acceptors (Lipinski definition) is 2. The highest BCUT2D eigenvalue weighted by Crippen LogP contribution is 2.65. The molecule has 30 heavy (non-hydrogen) atoms. The van der Waals surface area contributed by atoms with Gasteiger partial charge in [0, 0.05) is 16.6 Å². The van der Waals surface area contributed by atoms with Crippen molar-refractivity contribution in [2.75, 3.05) is 0 Å². The molecular formula is C25H24ClFN2O. The van der Waals surface area contributed by atoms with Gasteiger partial charge in [0.2, 0.25) is 5.91 Å². The molecule has 5 rings (SSSR count). The maximum atomic E-state index is 13.9. The summed E-state index contributed by atoms with van der Waals surface area (Å²) >= 11 is 6.08. The van der Waals surface area contributed by atoms with Crippen molar-refractivity contribution in [3.63, 3.8) is 0 Å². The molecule has 0 aliphatic heterocycles. The Morgan fingerprint density at radius 2 is 1.77 bits per heavy atom. The van der Waals surface area contributed by atoms with Crippen LogP contribution >= 0.6 is 11.6 Å². The van der Waals surface area contributed by atoms with Crippen LogP contribution in [0.2, 0.25) is 5.02 Å². The molecule has 154 valence electrons. The lowest BCUT2D eigenvalue weighted by Crippen LogP contribution is -2.62. The van der Waals surface area contributed by atoms with Crippen molar-refractivity contribution in [2.45, 2.75) is 49.9 Å². The molecule has 2 aromatic carbocycles. The maximum Gasteiger partial charge on any atom is 0.228 e. The summed E-state index contributed by atoms with van der Waals surface area (Å²) in [5.74, 6) is -0.135. The molecule has 2 N–H and O–H groups in total. The predicted molar refractivity (Wildman–Crippen MR) is 117 cm³/mol. The van der Waals surface area contributed by atoms with E-state index in [2.05, 4.69) is 4.98 Å². The zero-order valence-corrected chi connectivity index (χ0v) is 17.5. The molecule has 3 nitrogen and oxygen atoms in total. The second kappa shape index (κ2) is 7.05. The number of fused-ring (bicyclic) bond motifs is 1. The van der Waals surface area contributed by atoms with Crippen molar-refractivity contribution >= 4 is 28.4 Å². The Hall–Kier alpha value is -2.46. The zero-order chi connectivity index (χ0) is 20.9. The average Bonchev–Trinajstić information content (AvgIpc) is 2.74. The summed E-state index contributed by atoms with van der Waals surface area (Å²) in [4.78, 5) is 17.2. The van der Waals surface area contributed by atoms with Crippen LogP contribution in [0.3, 0.4) is 0 Å². The minimum atomic E-state index is -0.616. The fourth-order valence-electron chi connectivity index (χ4n) is 6.09. The summed E-state index contributed by atoms with van der Waals surface area (Å²) < 4.78 is 13.9. The van der Waals surface area contributed by atoms with E-state index in [1.165, 1.54) is 6.07 Å². The van der Waals surface area contributed by atoms with Gasteiger partial charge >= 0.3 is 0 Å². The molecular weight excluding hydrogens is 399 g/mol. The van der Waals surface area contributed by atoms with Crippen LogP contribution in [0, 0.1) is 11.2 Å². The minimum Gasteiger partial charge on any atom is -0.369 e. The van der Waals surface area contributed by atoms with Gasteiger partial charge < -0.3 is 5.73 Å². The quantitative estimate of drug-likeness (QED) is 0.572. The van der Waals surface area contributed by atoms with Gasteiger partial charge in [-0.3, -0.25) is 9.78 Å². The number of hydrogen-bond donors (Lipinski definition) is 1. The molecule has 1 aromatic heterocycles. The smallest absolute Gasteiger partial charge is 0.228 e. The Balaban J connectivity index is 1.46. The van der Waals surface area contributed by atoms with Crippen LogP contribution in [0.15, 0.2) is 54.7 Å². The lowest BCUT2D eigenvalue weighted by Gasteiger charge is -2.61. The van der Waals surface area contributed by atoms with E-state index in [1.807, 2.05) is 36.5 Å². The van der Waals surface area contributed by atoms with Crippen molar-refractivity contribution in [3.8, 4) is 0 Å². The summed E-state index contributed by atoms with van der Waals surface area (Å²) in [6, 6.07) is 14.4. The Morgan fingerprint density at radius 1 is 1.03 bits per heavy atom. The zero-order valence-electron chi connectivity index (χ0n) is 16.7. The minimum absolute atomic E-state index is 0.1000. The second-order valence-corrected chi connectivity index (χ2v) is 9.33. The van der Waals surface area contributed by atoms with E-state index < -0.39 is 5.41 Å². The van der Waals surface area contributed by atoms with Gasteiger partial charge in [-0.2, -0.15) is 0 Å². The number of benzene rings is 2. The van der Waals surface area contributed by atoms with Crippen molar-refractivity contribution in [1.82, 2.24) is 4.98 Å². The number of nitrogens with zero attached hydrogens (tertiary/aromatic N) is 1. The van der Waals surface area contributed by atoms with Crippen LogP contribution in [0.1, 0.15) is 55.6 Å². The second-order valence-electron chi connectivity index (χ2n) is 8.89. The number of pyridine rings is 1. The average molecular weight is 423 g/mol. The van der Waals surface area contributed by atoms with Gasteiger partial charge in [0.25, 0.3) is 0 Å². The van der Waals surface area contributed by atoms with Crippen LogP contribution in [0.5, 0.6) is 0 Å². The summed E-state index contributed by atoms with van der Waals surface area (Å²) in [5, 5.41) is 1.55. The highest BCUT2D eigenvalue weighted by Gasteiger charge is 2.63. The monoisotopic (exact) mass is 422 g/mol. The molecule has 1 heterocycles. The van der Waals surface area contributed by atoms with E-state index in [1.54, 1.807) is 12.1 Å². The van der Waals surface area contributed by atoms with E-state index in [-0.39, 0.29) is 17.1 Å². The van der Waals surface area contributed by atoms with Gasteiger partial charge in [0.1, 0.15) is 5.82 Å². The van der Waals surface area contributed by atoms with E-state index in [0.29, 0.717) is 10.9 Å². The highest BCUT2D eigenvalue weighted by atomic mass is 35.5. The number of primary amides is 1. The van der Waals surface area contributed by atoms with Crippen LogP contribution in [-0.4, -0.2) is 10.9 Å². The summed E-state index contributed by atoms with van der Waals surface area (Å²) in [7, 11) is 0. The molecule has 2 aliphatic rings. The highest BCUT2D eigenvalue weighted by molar-refractivity contribution is 6.30. The standard InChI is InChI=1S/C25H24ClFN2O/c26-18-3-1-17(2-4-18)25(23(28)30)13-12-24(25)10-7-16(8-11-24)20-9-14-29-22-6-5-19(27)15-21(20)22/h1-6,9,14-16H,7-8,10-13H2,(H2,28,30). The van der Waals surface area contributed by atoms with Crippen LogP contribution in [-0.2, 0) is 10.2 Å². The van der Waals surface area contributed by atoms with Gasteiger partial charge in [-0.15, -0.1) is 0 Å². The summed E-state index contributed by atoms with van der Waals surface area (Å²) in [5.41, 5.74) is 8.28. The Bertz CT molecular complexity index is 1120. The van der Waals surface area contributed by atoms with Gasteiger partial charge in [0.15, 0.2) is 0 Å². The Morgan fingerprint density at radius 3 is 2.40 bits per heavy atom. The number of carbonyl (C=O) groups is 1. The molecule has 1 amide bonds. The number of aromatic nitrogens is 1. The predicted octanol–water partition coefficient (Wildman–Crippen LogP) is 5.89. The van der Waals surface area contributed by atoms with Crippen molar-refractivity contribution in [1.29, 1.82) is 0 Å². The fraction of sp³-hybridized carbons (Fsp3) is 0.360. The summed E-state index contributed by atoms with van der Waals surface area (Å²) in [6.45, 7) is 0. The molecule has 1 unspecified atom stereocenters. The lowest BCUT2D eigenvalue weighted by atomic mass is 9.42. The third-order valence-corrected chi connectivity index (χ3v) is 8.01. The molecule has 2 saturated carbocycles. The maximum absolute atomic E-state index is 13.9. The lowest BCUT2D eigenvalue weighted by molar-refractivity contribution is -0.142. The molecule has 0 radical (unpaired) electrons. The molecule has 5 heteroatoms. The van der Waals surface area contributed by atoms with E-state index in [0.717, 1.165) is 60.6 Å². The SMILES string of the molecule is NC(=O)C1(c2ccc(Cl)cc2)CCC12CCC(c1ccnc3ccc(F)cc13)CC2. The van der Waals surface area contributed by atoms with Crippen LogP contribution < -0.4 is 5.73 Å². The number of amides is 1. The van der Waals surface area contributed by atoms with Crippen molar-refractivity contribution < 1.29 is 9.18 Å². The van der Waals surface area contributed by atoms with Gasteiger partial charge in [-0.25, -0.2) is 4.39 Å². The molecule has 3 aromatic rings. The number of rotatable bonds is 3. The third kappa shape index (κ3) is 2.77. The number of carbonyl (C=O) groups excluding carboxylic acids is 1. The number of halogens is 2. The Kier molecular flexibility index (Phi) is 4.59. The first-order valence-corrected chi connectivity index (χ1v) is 10.9. The normalized spacial score (nSPS) is 28.4. The molecule has 1 atom stereocenters. The fourth-order valence-corrected chi connectivity index (χ4v) is 6.22. The molecule has 0 bridgehead atoms. The van der Waals surface area contributed by atoms with E-state index >= 15 is 0 Å². The van der Waals surface area contributed by atoms with E-state index in [4.69, 9.17) is 17.3 Å². The first-order valence-electron chi connectivity index (χ1n) is 10.6. The van der Waals surface area contributed by atoms with Crippen molar-refractivity contribution in [3.05, 3.63) is 76.7 Å².